The lowest BCUT2D eigenvalue weighted by molar-refractivity contribution is 0.678. The number of rotatable bonds is 6. The monoisotopic (exact) mass is 364 g/mol. The van der Waals surface area contributed by atoms with Crippen molar-refractivity contribution >= 4 is 22.8 Å². The third-order valence-corrected chi connectivity index (χ3v) is 5.58. The SMILES string of the molecule is Cn1c(-c2ccccc2)cnc1SCCCn1c(=O)[nH]c2ccccc21. The number of thioether (sulfide) groups is 1. The van der Waals surface area contributed by atoms with E-state index in [-0.39, 0.29) is 5.69 Å². The molecule has 2 aromatic carbocycles. The summed E-state index contributed by atoms with van der Waals surface area (Å²) in [7, 11) is 2.04. The molecule has 26 heavy (non-hydrogen) atoms. The largest absolute Gasteiger partial charge is 0.326 e. The lowest BCUT2D eigenvalue weighted by Crippen LogP contribution is -2.17. The summed E-state index contributed by atoms with van der Waals surface area (Å²) in [6.07, 6.45) is 2.82. The van der Waals surface area contributed by atoms with Gasteiger partial charge in [0.15, 0.2) is 5.16 Å². The van der Waals surface area contributed by atoms with Crippen LogP contribution in [-0.2, 0) is 13.6 Å². The molecule has 0 aliphatic rings. The highest BCUT2D eigenvalue weighted by Gasteiger charge is 2.09. The Morgan fingerprint density at radius 1 is 1.08 bits per heavy atom. The van der Waals surface area contributed by atoms with E-state index in [0.717, 1.165) is 34.1 Å². The van der Waals surface area contributed by atoms with E-state index in [9.17, 15) is 4.79 Å². The number of aromatic nitrogens is 4. The van der Waals surface area contributed by atoms with E-state index in [2.05, 4.69) is 26.7 Å². The molecule has 0 amide bonds. The van der Waals surface area contributed by atoms with Crippen molar-refractivity contribution in [3.05, 3.63) is 71.3 Å². The zero-order valence-electron chi connectivity index (χ0n) is 14.6. The highest BCUT2D eigenvalue weighted by molar-refractivity contribution is 7.99. The summed E-state index contributed by atoms with van der Waals surface area (Å²) in [5.74, 6) is 0.908. The quantitative estimate of drug-likeness (QED) is 0.417. The second kappa shape index (κ2) is 7.25. The van der Waals surface area contributed by atoms with Crippen LogP contribution in [0, 0.1) is 0 Å². The number of benzene rings is 2. The second-order valence-electron chi connectivity index (χ2n) is 6.15. The van der Waals surface area contributed by atoms with Gasteiger partial charge in [0.1, 0.15) is 0 Å². The van der Waals surface area contributed by atoms with Crippen LogP contribution in [0.3, 0.4) is 0 Å². The van der Waals surface area contributed by atoms with Crippen LogP contribution in [0.4, 0.5) is 0 Å². The molecule has 2 heterocycles. The molecule has 0 aliphatic carbocycles. The van der Waals surface area contributed by atoms with Gasteiger partial charge in [0, 0.05) is 19.3 Å². The van der Waals surface area contributed by atoms with Crippen LogP contribution in [0.25, 0.3) is 22.3 Å². The zero-order valence-corrected chi connectivity index (χ0v) is 15.4. The van der Waals surface area contributed by atoms with Crippen LogP contribution in [0.2, 0.25) is 0 Å². The predicted molar refractivity (Wildman–Crippen MR) is 107 cm³/mol. The molecule has 2 aromatic heterocycles. The maximum Gasteiger partial charge on any atom is 0.326 e. The number of hydrogen-bond acceptors (Lipinski definition) is 3. The fourth-order valence-corrected chi connectivity index (χ4v) is 3.99. The Balaban J connectivity index is 1.40. The number of fused-ring (bicyclic) bond motifs is 1. The first-order chi connectivity index (χ1) is 12.7. The molecular weight excluding hydrogens is 344 g/mol. The number of aromatic amines is 1. The Bertz CT molecular complexity index is 1080. The van der Waals surface area contributed by atoms with Gasteiger partial charge in [-0.2, -0.15) is 0 Å². The number of nitrogens with one attached hydrogen (secondary N) is 1. The van der Waals surface area contributed by atoms with Gasteiger partial charge in [0.2, 0.25) is 0 Å². The summed E-state index contributed by atoms with van der Waals surface area (Å²) in [6.45, 7) is 0.700. The van der Waals surface area contributed by atoms with Gasteiger partial charge in [0.25, 0.3) is 0 Å². The minimum Gasteiger partial charge on any atom is -0.322 e. The molecule has 0 bridgehead atoms. The van der Waals surface area contributed by atoms with Crippen molar-refractivity contribution in [3.8, 4) is 11.3 Å². The van der Waals surface area contributed by atoms with Crippen molar-refractivity contribution in [3.63, 3.8) is 0 Å². The van der Waals surface area contributed by atoms with Crippen LogP contribution < -0.4 is 5.69 Å². The van der Waals surface area contributed by atoms with Crippen molar-refractivity contribution < 1.29 is 0 Å². The number of para-hydroxylation sites is 2. The molecule has 0 atom stereocenters. The number of imidazole rings is 2. The summed E-state index contributed by atoms with van der Waals surface area (Å²) in [5.41, 5.74) is 4.09. The van der Waals surface area contributed by atoms with Crippen LogP contribution in [0.15, 0.2) is 70.7 Å². The Kier molecular flexibility index (Phi) is 4.67. The van der Waals surface area contributed by atoms with E-state index in [1.165, 1.54) is 5.56 Å². The van der Waals surface area contributed by atoms with Crippen LogP contribution in [-0.4, -0.2) is 24.9 Å². The fraction of sp³-hybridized carbons (Fsp3) is 0.200. The van der Waals surface area contributed by atoms with E-state index in [1.807, 2.05) is 60.3 Å². The molecule has 6 heteroatoms. The molecule has 4 rings (SSSR count). The Morgan fingerprint density at radius 2 is 1.85 bits per heavy atom. The molecule has 0 radical (unpaired) electrons. The number of nitrogens with zero attached hydrogens (tertiary/aromatic N) is 3. The van der Waals surface area contributed by atoms with Crippen LogP contribution in [0.5, 0.6) is 0 Å². The first kappa shape index (κ1) is 16.7. The van der Waals surface area contributed by atoms with Crippen molar-refractivity contribution in [1.82, 2.24) is 19.1 Å². The zero-order chi connectivity index (χ0) is 17.9. The fourth-order valence-electron chi connectivity index (χ4n) is 3.12. The van der Waals surface area contributed by atoms with Crippen molar-refractivity contribution in [2.45, 2.75) is 18.1 Å². The average Bonchev–Trinajstić information content (AvgIpc) is 3.19. The van der Waals surface area contributed by atoms with Crippen molar-refractivity contribution in [1.29, 1.82) is 0 Å². The molecule has 4 aromatic rings. The Hall–Kier alpha value is -2.73. The first-order valence-electron chi connectivity index (χ1n) is 8.61. The maximum atomic E-state index is 12.1. The van der Waals surface area contributed by atoms with Gasteiger partial charge in [0.05, 0.1) is 22.9 Å². The van der Waals surface area contributed by atoms with Gasteiger partial charge < -0.3 is 9.55 Å². The van der Waals surface area contributed by atoms with Crippen molar-refractivity contribution in [2.24, 2.45) is 7.05 Å². The highest BCUT2D eigenvalue weighted by atomic mass is 32.2. The second-order valence-corrected chi connectivity index (χ2v) is 7.21. The molecule has 0 spiro atoms. The van der Waals surface area contributed by atoms with Gasteiger partial charge in [-0.25, -0.2) is 9.78 Å². The first-order valence-corrected chi connectivity index (χ1v) is 9.60. The van der Waals surface area contributed by atoms with E-state index in [0.29, 0.717) is 6.54 Å². The Morgan fingerprint density at radius 3 is 2.69 bits per heavy atom. The summed E-state index contributed by atoms with van der Waals surface area (Å²) in [5, 5.41) is 0.995. The van der Waals surface area contributed by atoms with E-state index in [4.69, 9.17) is 0 Å². The highest BCUT2D eigenvalue weighted by Crippen LogP contribution is 2.25. The lowest BCUT2D eigenvalue weighted by Gasteiger charge is -2.06. The normalized spacial score (nSPS) is 11.3. The van der Waals surface area contributed by atoms with Crippen LogP contribution >= 0.6 is 11.8 Å². The van der Waals surface area contributed by atoms with Gasteiger partial charge >= 0.3 is 5.69 Å². The number of aryl methyl sites for hydroxylation is 1. The third-order valence-electron chi connectivity index (χ3n) is 4.45. The predicted octanol–water partition coefficient (Wildman–Crippen LogP) is 3.91. The molecule has 0 saturated carbocycles. The maximum absolute atomic E-state index is 12.1. The van der Waals surface area contributed by atoms with Gasteiger partial charge in [-0.3, -0.25) is 4.57 Å². The van der Waals surface area contributed by atoms with Crippen molar-refractivity contribution in [2.75, 3.05) is 5.75 Å². The van der Waals surface area contributed by atoms with E-state index >= 15 is 0 Å². The van der Waals surface area contributed by atoms with Crippen LogP contribution in [0.1, 0.15) is 6.42 Å². The van der Waals surface area contributed by atoms with Gasteiger partial charge in [-0.05, 0) is 24.1 Å². The summed E-state index contributed by atoms with van der Waals surface area (Å²) in [4.78, 5) is 19.5. The number of hydrogen-bond donors (Lipinski definition) is 1. The molecule has 5 nitrogen and oxygen atoms in total. The molecule has 1 N–H and O–H groups in total. The number of H-pyrrole nitrogens is 1. The molecular formula is C20H20N4OS. The average molecular weight is 364 g/mol. The topological polar surface area (TPSA) is 55.6 Å². The van der Waals surface area contributed by atoms with Gasteiger partial charge in [-0.1, -0.05) is 54.2 Å². The standard InChI is InChI=1S/C20H20N4OS/c1-23-18(15-8-3-2-4-9-15)14-21-20(23)26-13-7-12-24-17-11-6-5-10-16(17)22-19(24)25/h2-6,8-11,14H,7,12-13H2,1H3,(H,22,25). The third kappa shape index (κ3) is 3.20. The Labute approximate surface area is 155 Å². The molecule has 0 unspecified atom stereocenters. The minimum absolute atomic E-state index is 0.0421. The van der Waals surface area contributed by atoms with E-state index < -0.39 is 0 Å². The minimum atomic E-state index is -0.0421. The molecule has 0 aliphatic heterocycles. The lowest BCUT2D eigenvalue weighted by atomic mass is 10.2. The molecule has 0 fully saturated rings. The van der Waals surface area contributed by atoms with E-state index in [1.54, 1.807) is 11.8 Å². The summed E-state index contributed by atoms with van der Waals surface area (Å²) < 4.78 is 3.93. The summed E-state index contributed by atoms with van der Waals surface area (Å²) >= 11 is 1.72. The smallest absolute Gasteiger partial charge is 0.322 e. The molecule has 132 valence electrons. The van der Waals surface area contributed by atoms with Gasteiger partial charge in [-0.15, -0.1) is 0 Å². The molecule has 0 saturated heterocycles. The summed E-state index contributed by atoms with van der Waals surface area (Å²) in [6, 6.07) is 18.1.